The van der Waals surface area contributed by atoms with Gasteiger partial charge in [-0.3, -0.25) is 0 Å². The first kappa shape index (κ1) is 6.61. The molecule has 0 bridgehead atoms. The molecular weight excluding hydrogens is 158 g/mol. The zero-order valence-electron chi connectivity index (χ0n) is 6.07. The third-order valence-electron chi connectivity index (χ3n) is 1.43. The molecule has 2 aromatic heterocycles. The van der Waals surface area contributed by atoms with E-state index in [1.54, 1.807) is 17.6 Å². The first-order chi connectivity index (χ1) is 5.36. The molecule has 2 nitrogen and oxygen atoms in total. The van der Waals surface area contributed by atoms with E-state index in [0.29, 0.717) is 0 Å². The lowest BCUT2D eigenvalue weighted by molar-refractivity contribution is 0.422. The lowest BCUT2D eigenvalue weighted by Gasteiger charge is -1.83. The van der Waals surface area contributed by atoms with Gasteiger partial charge in [0.15, 0.2) is 0 Å². The van der Waals surface area contributed by atoms with Crippen molar-refractivity contribution in [1.29, 1.82) is 0 Å². The first-order valence-corrected chi connectivity index (χ1v) is 4.15. The second kappa shape index (κ2) is 2.51. The Morgan fingerprint density at radius 1 is 1.36 bits per heavy atom. The van der Waals surface area contributed by atoms with Crippen LogP contribution in [0.3, 0.4) is 0 Å². The van der Waals surface area contributed by atoms with Gasteiger partial charge in [-0.25, -0.2) is 0 Å². The first-order valence-electron chi connectivity index (χ1n) is 3.33. The van der Waals surface area contributed by atoms with E-state index in [4.69, 9.17) is 4.52 Å². The molecule has 56 valence electrons. The van der Waals surface area contributed by atoms with Crippen molar-refractivity contribution in [3.8, 4) is 10.6 Å². The normalized spacial score (nSPS) is 10.3. The SMILES string of the molecule is Cc1ccc(-c2ccon2)s1. The molecular formula is C8H7NOS. The maximum absolute atomic E-state index is 4.73. The maximum atomic E-state index is 4.73. The quantitative estimate of drug-likeness (QED) is 0.649. The molecule has 0 spiro atoms. The minimum Gasteiger partial charge on any atom is -0.364 e. The van der Waals surface area contributed by atoms with Gasteiger partial charge in [0.25, 0.3) is 0 Å². The Labute approximate surface area is 68.5 Å². The van der Waals surface area contributed by atoms with E-state index in [9.17, 15) is 0 Å². The summed E-state index contributed by atoms with van der Waals surface area (Å²) in [6.07, 6.45) is 1.59. The standard InChI is InChI=1S/C8H7NOS/c1-6-2-3-8(11-6)7-4-5-10-9-7/h2-5H,1H3. The topological polar surface area (TPSA) is 26.0 Å². The zero-order valence-corrected chi connectivity index (χ0v) is 6.89. The van der Waals surface area contributed by atoms with Crippen LogP contribution < -0.4 is 0 Å². The van der Waals surface area contributed by atoms with E-state index in [2.05, 4.69) is 24.2 Å². The van der Waals surface area contributed by atoms with Crippen molar-refractivity contribution in [3.05, 3.63) is 29.3 Å². The van der Waals surface area contributed by atoms with Crippen LogP contribution in [0.5, 0.6) is 0 Å². The predicted octanol–water partition coefficient (Wildman–Crippen LogP) is 2.71. The lowest BCUT2D eigenvalue weighted by atomic mass is 10.3. The van der Waals surface area contributed by atoms with Crippen LogP contribution in [0.1, 0.15) is 4.88 Å². The van der Waals surface area contributed by atoms with E-state index in [1.165, 1.54) is 4.88 Å². The molecule has 2 aromatic rings. The molecule has 0 aliphatic carbocycles. The Balaban J connectivity index is 2.45. The molecule has 11 heavy (non-hydrogen) atoms. The van der Waals surface area contributed by atoms with Crippen molar-refractivity contribution in [2.75, 3.05) is 0 Å². The minimum absolute atomic E-state index is 0.920. The molecule has 2 rings (SSSR count). The Morgan fingerprint density at radius 3 is 2.82 bits per heavy atom. The van der Waals surface area contributed by atoms with Crippen molar-refractivity contribution in [1.82, 2.24) is 5.16 Å². The third-order valence-corrected chi connectivity index (χ3v) is 2.45. The summed E-state index contributed by atoms with van der Waals surface area (Å²) in [5.74, 6) is 0. The van der Waals surface area contributed by atoms with Crippen molar-refractivity contribution in [3.63, 3.8) is 0 Å². The fourth-order valence-corrected chi connectivity index (χ4v) is 1.74. The molecule has 0 atom stereocenters. The van der Waals surface area contributed by atoms with E-state index < -0.39 is 0 Å². The summed E-state index contributed by atoms with van der Waals surface area (Å²) < 4.78 is 4.73. The van der Waals surface area contributed by atoms with Crippen LogP contribution in [0.4, 0.5) is 0 Å². The molecule has 0 unspecified atom stereocenters. The molecule has 0 N–H and O–H groups in total. The smallest absolute Gasteiger partial charge is 0.124 e. The number of thiophene rings is 1. The number of hydrogen-bond acceptors (Lipinski definition) is 3. The molecule has 0 saturated heterocycles. The summed E-state index contributed by atoms with van der Waals surface area (Å²) in [5, 5.41) is 3.84. The van der Waals surface area contributed by atoms with Gasteiger partial charge in [0.05, 0.1) is 4.88 Å². The second-order valence-corrected chi connectivity index (χ2v) is 3.58. The highest BCUT2D eigenvalue weighted by molar-refractivity contribution is 7.15. The van der Waals surface area contributed by atoms with E-state index >= 15 is 0 Å². The predicted molar refractivity (Wildman–Crippen MR) is 44.6 cm³/mol. The monoisotopic (exact) mass is 165 g/mol. The third kappa shape index (κ3) is 1.19. The van der Waals surface area contributed by atoms with Crippen LogP contribution in [-0.4, -0.2) is 5.16 Å². The van der Waals surface area contributed by atoms with Gasteiger partial charge < -0.3 is 4.52 Å². The Morgan fingerprint density at radius 2 is 2.27 bits per heavy atom. The van der Waals surface area contributed by atoms with Crippen LogP contribution in [0.15, 0.2) is 29.0 Å². The highest BCUT2D eigenvalue weighted by atomic mass is 32.1. The Kier molecular flexibility index (Phi) is 1.51. The zero-order chi connectivity index (χ0) is 7.68. The van der Waals surface area contributed by atoms with Gasteiger partial charge in [0, 0.05) is 10.9 Å². The summed E-state index contributed by atoms with van der Waals surface area (Å²) >= 11 is 1.72. The van der Waals surface area contributed by atoms with Crippen molar-refractivity contribution >= 4 is 11.3 Å². The molecule has 0 saturated carbocycles. The molecule has 0 amide bonds. The summed E-state index contributed by atoms with van der Waals surface area (Å²) in [6, 6.07) is 6.00. The summed E-state index contributed by atoms with van der Waals surface area (Å²) in [6.45, 7) is 2.08. The highest BCUT2D eigenvalue weighted by Crippen LogP contribution is 2.25. The van der Waals surface area contributed by atoms with E-state index in [1.807, 2.05) is 6.07 Å². The van der Waals surface area contributed by atoms with Gasteiger partial charge in [0.2, 0.25) is 0 Å². The largest absolute Gasteiger partial charge is 0.364 e. The van der Waals surface area contributed by atoms with Crippen molar-refractivity contribution in [2.24, 2.45) is 0 Å². The molecule has 3 heteroatoms. The summed E-state index contributed by atoms with van der Waals surface area (Å²) in [7, 11) is 0. The number of hydrogen-bond donors (Lipinski definition) is 0. The van der Waals surface area contributed by atoms with Crippen LogP contribution in [-0.2, 0) is 0 Å². The van der Waals surface area contributed by atoms with Gasteiger partial charge >= 0.3 is 0 Å². The number of aryl methyl sites for hydroxylation is 1. The average Bonchev–Trinajstić information content (AvgIpc) is 2.55. The number of aromatic nitrogens is 1. The fraction of sp³-hybridized carbons (Fsp3) is 0.125. The van der Waals surface area contributed by atoms with Crippen molar-refractivity contribution in [2.45, 2.75) is 6.92 Å². The van der Waals surface area contributed by atoms with Gasteiger partial charge in [-0.05, 0) is 19.1 Å². The van der Waals surface area contributed by atoms with Gasteiger partial charge in [0.1, 0.15) is 12.0 Å². The highest BCUT2D eigenvalue weighted by Gasteiger charge is 2.01. The molecule has 2 heterocycles. The number of nitrogens with zero attached hydrogens (tertiary/aromatic N) is 1. The molecule has 0 aromatic carbocycles. The molecule has 0 aliphatic heterocycles. The molecule has 0 fully saturated rings. The van der Waals surface area contributed by atoms with Crippen molar-refractivity contribution < 1.29 is 4.52 Å². The van der Waals surface area contributed by atoms with E-state index in [0.717, 1.165) is 10.6 Å². The second-order valence-electron chi connectivity index (χ2n) is 2.29. The summed E-state index contributed by atoms with van der Waals surface area (Å²) in [4.78, 5) is 2.46. The van der Waals surface area contributed by atoms with Gasteiger partial charge in [-0.15, -0.1) is 11.3 Å². The van der Waals surface area contributed by atoms with Crippen LogP contribution in [0.2, 0.25) is 0 Å². The van der Waals surface area contributed by atoms with E-state index in [-0.39, 0.29) is 0 Å². The lowest BCUT2D eigenvalue weighted by Crippen LogP contribution is -1.65. The maximum Gasteiger partial charge on any atom is 0.124 e. The average molecular weight is 165 g/mol. The minimum atomic E-state index is 0.920. The molecule has 0 aliphatic rings. The Hall–Kier alpha value is -1.09. The van der Waals surface area contributed by atoms with Crippen LogP contribution in [0, 0.1) is 6.92 Å². The van der Waals surface area contributed by atoms with Crippen LogP contribution >= 0.6 is 11.3 Å². The number of rotatable bonds is 1. The van der Waals surface area contributed by atoms with Gasteiger partial charge in [-0.1, -0.05) is 5.16 Å². The summed E-state index contributed by atoms with van der Waals surface area (Å²) in [5.41, 5.74) is 0.920. The van der Waals surface area contributed by atoms with Gasteiger partial charge in [-0.2, -0.15) is 0 Å². The Bertz CT molecular complexity index is 337. The fourth-order valence-electron chi connectivity index (χ4n) is 0.912. The van der Waals surface area contributed by atoms with Crippen LogP contribution in [0.25, 0.3) is 10.6 Å². The molecule has 0 radical (unpaired) electrons.